The molecule has 0 spiro atoms. The van der Waals surface area contributed by atoms with Crippen LogP contribution in [0.25, 0.3) is 0 Å². The van der Waals surface area contributed by atoms with Crippen LogP contribution in [0.15, 0.2) is 12.4 Å². The minimum absolute atomic E-state index is 0.525. The van der Waals surface area contributed by atoms with Gasteiger partial charge >= 0.3 is 0 Å². The molecule has 1 N–H and O–H groups in total. The Morgan fingerprint density at radius 2 is 2.42 bits per heavy atom. The molecule has 0 saturated carbocycles. The summed E-state index contributed by atoms with van der Waals surface area (Å²) in [6, 6.07) is 0.525. The Morgan fingerprint density at radius 1 is 1.53 bits per heavy atom. The van der Waals surface area contributed by atoms with Crippen molar-refractivity contribution in [2.24, 2.45) is 0 Å². The average molecular weight is 266 g/mol. The van der Waals surface area contributed by atoms with Gasteiger partial charge in [0.2, 0.25) is 5.95 Å². The predicted molar refractivity (Wildman–Crippen MR) is 77.5 cm³/mol. The van der Waals surface area contributed by atoms with E-state index >= 15 is 0 Å². The number of imidazole rings is 1. The highest BCUT2D eigenvalue weighted by Gasteiger charge is 2.19. The number of aryl methyl sites for hydroxylation is 1. The topological polar surface area (TPSA) is 42.3 Å². The second-order valence-corrected chi connectivity index (χ2v) is 5.17. The number of likely N-dealkylation sites (tertiary alicyclic amines) is 1. The first kappa shape index (κ1) is 14.3. The zero-order valence-corrected chi connectivity index (χ0v) is 12.1. The van der Waals surface area contributed by atoms with Crippen LogP contribution in [0.3, 0.4) is 0 Å². The zero-order valence-electron chi connectivity index (χ0n) is 12.1. The summed E-state index contributed by atoms with van der Waals surface area (Å²) < 4.78 is 7.28. The maximum Gasteiger partial charge on any atom is 0.203 e. The van der Waals surface area contributed by atoms with Crippen molar-refractivity contribution in [2.45, 2.75) is 38.8 Å². The van der Waals surface area contributed by atoms with Gasteiger partial charge in [-0.15, -0.1) is 0 Å². The fraction of sp³-hybridized carbons (Fsp3) is 0.786. The van der Waals surface area contributed by atoms with E-state index in [1.807, 2.05) is 12.4 Å². The molecule has 0 aromatic carbocycles. The molecule has 1 atom stereocenters. The minimum Gasteiger partial charge on any atom is -0.385 e. The van der Waals surface area contributed by atoms with Gasteiger partial charge in [-0.3, -0.25) is 0 Å². The molecule has 0 amide bonds. The van der Waals surface area contributed by atoms with E-state index in [1.54, 1.807) is 7.11 Å². The van der Waals surface area contributed by atoms with Crippen molar-refractivity contribution in [1.29, 1.82) is 0 Å². The average Bonchev–Trinajstić information content (AvgIpc) is 2.87. The largest absolute Gasteiger partial charge is 0.385 e. The van der Waals surface area contributed by atoms with Gasteiger partial charge in [0.1, 0.15) is 0 Å². The normalized spacial score (nSPS) is 20.6. The Balaban J connectivity index is 1.86. The molecular formula is C14H26N4O. The van der Waals surface area contributed by atoms with E-state index in [-0.39, 0.29) is 0 Å². The first-order chi connectivity index (χ1) is 9.33. The monoisotopic (exact) mass is 266 g/mol. The number of anilines is 1. The summed E-state index contributed by atoms with van der Waals surface area (Å²) in [7, 11) is 1.74. The van der Waals surface area contributed by atoms with E-state index in [0.29, 0.717) is 6.04 Å². The van der Waals surface area contributed by atoms with E-state index in [9.17, 15) is 0 Å². The van der Waals surface area contributed by atoms with E-state index < -0.39 is 0 Å². The summed E-state index contributed by atoms with van der Waals surface area (Å²) in [6.07, 6.45) is 7.44. The molecule has 1 fully saturated rings. The number of nitrogens with zero attached hydrogens (tertiary/aromatic N) is 3. The summed E-state index contributed by atoms with van der Waals surface area (Å²) in [5, 5.41) is 3.59. The highest BCUT2D eigenvalue weighted by atomic mass is 16.5. The van der Waals surface area contributed by atoms with Crippen LogP contribution in [-0.2, 0) is 11.3 Å². The van der Waals surface area contributed by atoms with Gasteiger partial charge in [-0.1, -0.05) is 6.92 Å². The molecule has 1 saturated heterocycles. The summed E-state index contributed by atoms with van der Waals surface area (Å²) in [6.45, 7) is 7.48. The minimum atomic E-state index is 0.525. The second kappa shape index (κ2) is 7.50. The molecule has 19 heavy (non-hydrogen) atoms. The van der Waals surface area contributed by atoms with Gasteiger partial charge in [0, 0.05) is 45.2 Å². The van der Waals surface area contributed by atoms with Gasteiger partial charge in [-0.2, -0.15) is 0 Å². The third-order valence-electron chi connectivity index (χ3n) is 3.75. The molecule has 0 radical (unpaired) electrons. The van der Waals surface area contributed by atoms with Crippen LogP contribution >= 0.6 is 0 Å². The van der Waals surface area contributed by atoms with Crippen molar-refractivity contribution >= 4 is 5.95 Å². The molecule has 2 heterocycles. The van der Waals surface area contributed by atoms with Crippen LogP contribution in [0.1, 0.15) is 26.2 Å². The molecule has 1 aromatic heterocycles. The Labute approximate surface area is 116 Å². The molecular weight excluding hydrogens is 240 g/mol. The van der Waals surface area contributed by atoms with Crippen molar-refractivity contribution in [1.82, 2.24) is 14.5 Å². The lowest BCUT2D eigenvalue weighted by molar-refractivity contribution is 0.190. The Bertz CT molecular complexity index is 366. The first-order valence-corrected chi connectivity index (χ1v) is 7.32. The standard InChI is InChI=1S/C14H26N4O/c1-3-17-8-4-6-13(12-17)16-14-15-7-10-18(14)9-5-11-19-2/h7,10,13H,3-6,8-9,11-12H2,1-2H3,(H,15,16). The third kappa shape index (κ3) is 4.21. The van der Waals surface area contributed by atoms with E-state index in [1.165, 1.54) is 19.4 Å². The number of nitrogens with one attached hydrogen (secondary N) is 1. The number of rotatable bonds is 7. The van der Waals surface area contributed by atoms with Crippen molar-refractivity contribution < 1.29 is 4.74 Å². The van der Waals surface area contributed by atoms with Gasteiger partial charge in [-0.05, 0) is 32.4 Å². The number of methoxy groups -OCH3 is 1. The van der Waals surface area contributed by atoms with Gasteiger partial charge in [0.05, 0.1) is 0 Å². The van der Waals surface area contributed by atoms with Crippen molar-refractivity contribution in [3.63, 3.8) is 0 Å². The fourth-order valence-corrected chi connectivity index (χ4v) is 2.65. The highest BCUT2D eigenvalue weighted by Crippen LogP contribution is 2.15. The fourth-order valence-electron chi connectivity index (χ4n) is 2.65. The van der Waals surface area contributed by atoms with Crippen LogP contribution in [0.2, 0.25) is 0 Å². The van der Waals surface area contributed by atoms with Crippen LogP contribution in [0, 0.1) is 0 Å². The summed E-state index contributed by atoms with van der Waals surface area (Å²) in [4.78, 5) is 6.93. The molecule has 1 aliphatic heterocycles. The van der Waals surface area contributed by atoms with Crippen molar-refractivity contribution in [2.75, 3.05) is 38.7 Å². The highest BCUT2D eigenvalue weighted by molar-refractivity contribution is 5.28. The molecule has 0 bridgehead atoms. The molecule has 108 valence electrons. The van der Waals surface area contributed by atoms with Crippen LogP contribution < -0.4 is 5.32 Å². The van der Waals surface area contributed by atoms with Crippen molar-refractivity contribution in [3.8, 4) is 0 Å². The van der Waals surface area contributed by atoms with Crippen molar-refractivity contribution in [3.05, 3.63) is 12.4 Å². The first-order valence-electron chi connectivity index (χ1n) is 7.32. The van der Waals surface area contributed by atoms with Gasteiger partial charge in [0.25, 0.3) is 0 Å². The molecule has 5 heteroatoms. The predicted octanol–water partition coefficient (Wildman–Crippen LogP) is 1.82. The summed E-state index contributed by atoms with van der Waals surface area (Å²) in [5.41, 5.74) is 0. The molecule has 5 nitrogen and oxygen atoms in total. The molecule has 1 aromatic rings. The van der Waals surface area contributed by atoms with Gasteiger partial charge in [-0.25, -0.2) is 4.98 Å². The Kier molecular flexibility index (Phi) is 5.66. The summed E-state index contributed by atoms with van der Waals surface area (Å²) >= 11 is 0. The molecule has 2 rings (SSSR count). The van der Waals surface area contributed by atoms with Gasteiger partial charge in [0.15, 0.2) is 0 Å². The SMILES string of the molecule is CCN1CCCC(Nc2nccn2CCCOC)C1. The molecule has 0 aliphatic carbocycles. The lowest BCUT2D eigenvalue weighted by Crippen LogP contribution is -2.42. The number of hydrogen-bond donors (Lipinski definition) is 1. The molecule has 1 aliphatic rings. The van der Waals surface area contributed by atoms with E-state index in [2.05, 4.69) is 26.7 Å². The lowest BCUT2D eigenvalue weighted by Gasteiger charge is -2.32. The van der Waals surface area contributed by atoms with E-state index in [4.69, 9.17) is 4.74 Å². The van der Waals surface area contributed by atoms with Crippen LogP contribution in [0.4, 0.5) is 5.95 Å². The second-order valence-electron chi connectivity index (χ2n) is 5.17. The quantitative estimate of drug-likeness (QED) is 0.764. The maximum atomic E-state index is 5.10. The van der Waals surface area contributed by atoms with Crippen LogP contribution in [0.5, 0.6) is 0 Å². The smallest absolute Gasteiger partial charge is 0.203 e. The molecule has 1 unspecified atom stereocenters. The Hall–Kier alpha value is -1.07. The number of hydrogen-bond acceptors (Lipinski definition) is 4. The van der Waals surface area contributed by atoms with Gasteiger partial charge < -0.3 is 19.5 Å². The third-order valence-corrected chi connectivity index (χ3v) is 3.75. The number of piperidine rings is 1. The van der Waals surface area contributed by atoms with Crippen LogP contribution in [-0.4, -0.2) is 53.8 Å². The number of aromatic nitrogens is 2. The number of ether oxygens (including phenoxy) is 1. The maximum absolute atomic E-state index is 5.10. The van der Waals surface area contributed by atoms with E-state index in [0.717, 1.165) is 38.6 Å². The summed E-state index contributed by atoms with van der Waals surface area (Å²) in [5.74, 6) is 0.999. The Morgan fingerprint density at radius 3 is 3.21 bits per heavy atom. The number of likely N-dealkylation sites (N-methyl/N-ethyl adjacent to an activating group) is 1. The zero-order chi connectivity index (χ0) is 13.5. The lowest BCUT2D eigenvalue weighted by atomic mass is 10.1.